The number of para-hydroxylation sites is 1. The fourth-order valence-corrected chi connectivity index (χ4v) is 5.05. The van der Waals surface area contributed by atoms with Crippen LogP contribution < -0.4 is 10.1 Å². The van der Waals surface area contributed by atoms with Crippen molar-refractivity contribution < 1.29 is 19.0 Å². The Hall–Kier alpha value is -3.76. The van der Waals surface area contributed by atoms with Crippen molar-refractivity contribution in [3.63, 3.8) is 0 Å². The van der Waals surface area contributed by atoms with Crippen molar-refractivity contribution in [2.45, 2.75) is 31.4 Å². The van der Waals surface area contributed by atoms with E-state index in [1.807, 2.05) is 48.4 Å². The number of aryl methyl sites for hydroxylation is 1. The van der Waals surface area contributed by atoms with Gasteiger partial charge in [0, 0.05) is 55.0 Å². The molecule has 1 saturated carbocycles. The molecule has 1 N–H and O–H groups in total. The van der Waals surface area contributed by atoms with Crippen LogP contribution in [0.1, 0.15) is 25.3 Å². The Bertz CT molecular complexity index is 1460. The Morgan fingerprint density at radius 2 is 2.00 bits per heavy atom. The lowest BCUT2D eigenvalue weighted by molar-refractivity contribution is -0.117. The smallest absolute Gasteiger partial charge is 0.228 e. The van der Waals surface area contributed by atoms with Crippen molar-refractivity contribution in [1.82, 2.24) is 24.5 Å². The first-order valence-corrected chi connectivity index (χ1v) is 12.5. The third kappa shape index (κ3) is 4.36. The lowest BCUT2D eigenvalue weighted by atomic mass is 10.0. The fourth-order valence-electron chi connectivity index (χ4n) is 5.05. The molecule has 10 heteroatoms. The first-order valence-electron chi connectivity index (χ1n) is 12.5. The third-order valence-corrected chi connectivity index (χ3v) is 7.23. The molecule has 1 aliphatic heterocycles. The predicted molar refractivity (Wildman–Crippen MR) is 138 cm³/mol. The zero-order valence-electron chi connectivity index (χ0n) is 21.2. The maximum absolute atomic E-state index is 12.3. The maximum atomic E-state index is 12.3. The Labute approximate surface area is 214 Å². The van der Waals surface area contributed by atoms with Crippen LogP contribution in [0.25, 0.3) is 33.3 Å². The number of anilines is 1. The number of hydrogen-bond donors (Lipinski definition) is 1. The topological polar surface area (TPSA) is 105 Å². The highest BCUT2D eigenvalue weighted by atomic mass is 16.5. The van der Waals surface area contributed by atoms with Gasteiger partial charge in [-0.05, 0) is 31.4 Å². The van der Waals surface area contributed by atoms with E-state index in [-0.39, 0.29) is 24.0 Å². The summed E-state index contributed by atoms with van der Waals surface area (Å²) in [5.74, 6) is 1.36. The van der Waals surface area contributed by atoms with Crippen LogP contribution in [0.2, 0.25) is 0 Å². The minimum absolute atomic E-state index is 0.0223. The number of ether oxygens (including phenoxy) is 3. The van der Waals surface area contributed by atoms with Crippen molar-refractivity contribution in [3.05, 3.63) is 42.9 Å². The second kappa shape index (κ2) is 9.60. The summed E-state index contributed by atoms with van der Waals surface area (Å²) in [6, 6.07) is 8.01. The number of benzene rings is 1. The SMILES string of the molecule is COc1c(-c2cnn([C@H]3CCOC[C@@H]3OC)c2)cccc1-c1nn(C)c2cnc(NC(=O)C3CC3)cc12. The van der Waals surface area contributed by atoms with E-state index in [2.05, 4.69) is 15.4 Å². The van der Waals surface area contributed by atoms with Crippen LogP contribution in [0.4, 0.5) is 5.82 Å². The van der Waals surface area contributed by atoms with Crippen molar-refractivity contribution in [2.24, 2.45) is 13.0 Å². The lowest BCUT2D eigenvalue weighted by Crippen LogP contribution is -2.36. The Kier molecular flexibility index (Phi) is 6.13. The highest BCUT2D eigenvalue weighted by Gasteiger charge is 2.30. The third-order valence-electron chi connectivity index (χ3n) is 7.23. The Balaban J connectivity index is 1.39. The molecule has 0 radical (unpaired) electrons. The second-order valence-electron chi connectivity index (χ2n) is 9.62. The molecule has 2 atom stereocenters. The van der Waals surface area contributed by atoms with Gasteiger partial charge in [0.05, 0.1) is 37.7 Å². The van der Waals surface area contributed by atoms with Crippen molar-refractivity contribution >= 4 is 22.6 Å². The number of methoxy groups -OCH3 is 2. The summed E-state index contributed by atoms with van der Waals surface area (Å²) in [6.07, 6.45) is 8.31. The predicted octanol–water partition coefficient (Wildman–Crippen LogP) is 3.83. The quantitative estimate of drug-likeness (QED) is 0.409. The molecule has 192 valence electrons. The van der Waals surface area contributed by atoms with Gasteiger partial charge in [-0.1, -0.05) is 12.1 Å². The number of fused-ring (bicyclic) bond motifs is 1. The van der Waals surface area contributed by atoms with Crippen LogP contribution in [-0.4, -0.2) is 64.0 Å². The van der Waals surface area contributed by atoms with E-state index in [4.69, 9.17) is 19.3 Å². The van der Waals surface area contributed by atoms with Gasteiger partial charge in [0.15, 0.2) is 0 Å². The molecule has 1 saturated heterocycles. The van der Waals surface area contributed by atoms with Gasteiger partial charge in [-0.25, -0.2) is 4.98 Å². The molecule has 0 spiro atoms. The number of rotatable bonds is 7. The Morgan fingerprint density at radius 3 is 2.78 bits per heavy atom. The van der Waals surface area contributed by atoms with Crippen molar-refractivity contribution in [3.8, 4) is 28.1 Å². The van der Waals surface area contributed by atoms with Crippen LogP contribution in [0.5, 0.6) is 5.75 Å². The van der Waals surface area contributed by atoms with Gasteiger partial charge >= 0.3 is 0 Å². The number of amides is 1. The second-order valence-corrected chi connectivity index (χ2v) is 9.62. The standard InChI is InChI=1S/C27H30N6O4/c1-32-22-13-28-24(30-27(34)16-7-8-16)11-20(22)25(31-32)19-6-4-5-18(26(19)36-3)17-12-29-33(14-17)21-9-10-37-15-23(21)35-2/h4-6,11-14,16,21,23H,7-10,15H2,1-3H3,(H,28,30,34)/t21-,23-/m0/s1. The summed E-state index contributed by atoms with van der Waals surface area (Å²) in [6.45, 7) is 1.24. The number of carbonyl (C=O) groups is 1. The number of nitrogens with zero attached hydrogens (tertiary/aromatic N) is 5. The van der Waals surface area contributed by atoms with Crippen LogP contribution in [-0.2, 0) is 21.3 Å². The minimum atomic E-state index is -0.0437. The van der Waals surface area contributed by atoms with Gasteiger partial charge in [0.2, 0.25) is 5.91 Å². The zero-order valence-corrected chi connectivity index (χ0v) is 21.2. The molecule has 3 aromatic heterocycles. The van der Waals surface area contributed by atoms with E-state index in [1.54, 1.807) is 25.1 Å². The molecule has 2 fully saturated rings. The summed E-state index contributed by atoms with van der Waals surface area (Å²) in [5.41, 5.74) is 4.34. The highest BCUT2D eigenvalue weighted by molar-refractivity contribution is 6.00. The monoisotopic (exact) mass is 502 g/mol. The summed E-state index contributed by atoms with van der Waals surface area (Å²) < 4.78 is 20.9. The number of aromatic nitrogens is 5. The molecule has 4 heterocycles. The van der Waals surface area contributed by atoms with Crippen molar-refractivity contribution in [2.75, 3.05) is 32.8 Å². The minimum Gasteiger partial charge on any atom is -0.495 e. The van der Waals surface area contributed by atoms with E-state index < -0.39 is 0 Å². The molecular formula is C27H30N6O4. The zero-order chi connectivity index (χ0) is 25.5. The van der Waals surface area contributed by atoms with Gasteiger partial charge in [0.25, 0.3) is 0 Å². The van der Waals surface area contributed by atoms with Crippen LogP contribution in [0, 0.1) is 5.92 Å². The summed E-state index contributed by atoms with van der Waals surface area (Å²) in [5, 5.41) is 13.3. The maximum Gasteiger partial charge on any atom is 0.228 e. The average Bonchev–Trinajstić information content (AvgIpc) is 3.59. The van der Waals surface area contributed by atoms with E-state index in [9.17, 15) is 4.79 Å². The van der Waals surface area contributed by atoms with Crippen LogP contribution in [0.15, 0.2) is 42.9 Å². The van der Waals surface area contributed by atoms with Gasteiger partial charge < -0.3 is 19.5 Å². The summed E-state index contributed by atoms with van der Waals surface area (Å²) in [4.78, 5) is 16.8. The largest absolute Gasteiger partial charge is 0.495 e. The molecular weight excluding hydrogens is 472 g/mol. The van der Waals surface area contributed by atoms with Gasteiger partial charge in [0.1, 0.15) is 23.4 Å². The van der Waals surface area contributed by atoms with Crippen LogP contribution in [0.3, 0.4) is 0 Å². The van der Waals surface area contributed by atoms with Crippen molar-refractivity contribution in [1.29, 1.82) is 0 Å². The molecule has 4 aromatic rings. The van der Waals surface area contributed by atoms with Crippen LogP contribution >= 0.6 is 0 Å². The number of pyridine rings is 1. The summed E-state index contributed by atoms with van der Waals surface area (Å²) in [7, 11) is 5.26. The number of nitrogens with one attached hydrogen (secondary N) is 1. The molecule has 0 bridgehead atoms. The fraction of sp³-hybridized carbons (Fsp3) is 0.407. The molecule has 37 heavy (non-hydrogen) atoms. The molecule has 1 aromatic carbocycles. The number of hydrogen-bond acceptors (Lipinski definition) is 7. The van der Waals surface area contributed by atoms with Gasteiger partial charge in [-0.2, -0.15) is 10.2 Å². The first kappa shape index (κ1) is 23.6. The van der Waals surface area contributed by atoms with Gasteiger partial charge in [-0.3, -0.25) is 14.2 Å². The van der Waals surface area contributed by atoms with E-state index in [1.165, 1.54) is 0 Å². The molecule has 6 rings (SSSR count). The first-order chi connectivity index (χ1) is 18.1. The van der Waals surface area contributed by atoms with E-state index in [0.717, 1.165) is 52.5 Å². The molecule has 1 aliphatic carbocycles. The summed E-state index contributed by atoms with van der Waals surface area (Å²) >= 11 is 0. The molecule has 10 nitrogen and oxygen atoms in total. The molecule has 0 unspecified atom stereocenters. The Morgan fingerprint density at radius 1 is 1.16 bits per heavy atom. The average molecular weight is 503 g/mol. The highest BCUT2D eigenvalue weighted by Crippen LogP contribution is 2.41. The molecule has 1 amide bonds. The lowest BCUT2D eigenvalue weighted by Gasteiger charge is -2.30. The van der Waals surface area contributed by atoms with E-state index >= 15 is 0 Å². The van der Waals surface area contributed by atoms with E-state index in [0.29, 0.717) is 24.8 Å². The molecule has 2 aliphatic rings. The van der Waals surface area contributed by atoms with Gasteiger partial charge in [-0.15, -0.1) is 0 Å². The normalized spacial score (nSPS) is 19.8. The number of carbonyl (C=O) groups excluding carboxylic acids is 1.